The number of amides is 2. The van der Waals surface area contributed by atoms with Crippen molar-refractivity contribution in [1.82, 2.24) is 15.2 Å². The van der Waals surface area contributed by atoms with E-state index in [9.17, 15) is 18.0 Å². The number of halogens is 3. The maximum absolute atomic E-state index is 12.8. The summed E-state index contributed by atoms with van der Waals surface area (Å²) < 4.78 is 44.2. The summed E-state index contributed by atoms with van der Waals surface area (Å²) >= 11 is 0. The number of aromatic nitrogens is 1. The number of urea groups is 1. The zero-order chi connectivity index (χ0) is 21.2. The molecule has 1 aliphatic heterocycles. The molecule has 1 N–H and O–H groups in total. The zero-order valence-electron chi connectivity index (χ0n) is 16.4. The second-order valence-corrected chi connectivity index (χ2v) is 7.16. The van der Waals surface area contributed by atoms with Crippen LogP contribution in [0.4, 0.5) is 23.8 Å². The van der Waals surface area contributed by atoms with Gasteiger partial charge in [-0.1, -0.05) is 18.2 Å². The van der Waals surface area contributed by atoms with E-state index in [2.05, 4.69) is 10.3 Å². The van der Waals surface area contributed by atoms with E-state index in [1.54, 1.807) is 25.1 Å². The molecule has 0 radical (unpaired) electrons. The van der Waals surface area contributed by atoms with E-state index in [4.69, 9.17) is 4.74 Å². The highest BCUT2D eigenvalue weighted by atomic mass is 19.4. The van der Waals surface area contributed by atoms with Gasteiger partial charge in [0, 0.05) is 14.1 Å². The first-order chi connectivity index (χ1) is 13.6. The second-order valence-electron chi connectivity index (χ2n) is 7.16. The van der Waals surface area contributed by atoms with Gasteiger partial charge in [0.1, 0.15) is 23.4 Å². The molecule has 2 aromatic rings. The van der Waals surface area contributed by atoms with Crippen LogP contribution in [0.3, 0.4) is 0 Å². The van der Waals surface area contributed by atoms with Crippen LogP contribution in [-0.2, 0) is 6.18 Å². The first-order valence-electron chi connectivity index (χ1n) is 9.17. The minimum atomic E-state index is -4.46. The van der Waals surface area contributed by atoms with Gasteiger partial charge in [-0.05, 0) is 36.8 Å². The van der Waals surface area contributed by atoms with Gasteiger partial charge in [0.05, 0.1) is 19.1 Å². The fourth-order valence-corrected chi connectivity index (χ4v) is 2.88. The van der Waals surface area contributed by atoms with Gasteiger partial charge < -0.3 is 19.9 Å². The summed E-state index contributed by atoms with van der Waals surface area (Å²) in [6.07, 6.45) is -4.58. The zero-order valence-corrected chi connectivity index (χ0v) is 16.4. The Hall–Kier alpha value is -2.97. The van der Waals surface area contributed by atoms with Crippen molar-refractivity contribution in [3.8, 4) is 5.75 Å². The summed E-state index contributed by atoms with van der Waals surface area (Å²) in [4.78, 5) is 18.6. The lowest BCUT2D eigenvalue weighted by molar-refractivity contribution is -0.141. The SMILES string of the molecule is CC(NC(=O)N(C)C)c1ccc(OC2CN(c3cccc(C(F)(F)F)n3)C2)cc1. The normalized spacial score (nSPS) is 15.4. The highest BCUT2D eigenvalue weighted by molar-refractivity contribution is 5.74. The summed E-state index contributed by atoms with van der Waals surface area (Å²) in [5.41, 5.74) is 0.0430. The van der Waals surface area contributed by atoms with Gasteiger partial charge in [0.2, 0.25) is 0 Å². The Morgan fingerprint density at radius 2 is 1.86 bits per heavy atom. The summed E-state index contributed by atoms with van der Waals surface area (Å²) in [5, 5.41) is 2.87. The van der Waals surface area contributed by atoms with Gasteiger partial charge in [-0.3, -0.25) is 0 Å². The summed E-state index contributed by atoms with van der Waals surface area (Å²) in [6.45, 7) is 2.82. The first kappa shape index (κ1) is 20.8. The lowest BCUT2D eigenvalue weighted by atomic mass is 10.1. The molecule has 1 aromatic heterocycles. The van der Waals surface area contributed by atoms with E-state index >= 15 is 0 Å². The maximum atomic E-state index is 12.8. The molecular formula is C20H23F3N4O2. The number of hydrogen-bond donors (Lipinski definition) is 1. The Morgan fingerprint density at radius 1 is 1.21 bits per heavy atom. The average Bonchev–Trinajstić information content (AvgIpc) is 2.64. The Bertz CT molecular complexity index is 850. The molecular weight excluding hydrogens is 385 g/mol. The topological polar surface area (TPSA) is 57.7 Å². The minimum absolute atomic E-state index is 0.122. The Balaban J connectivity index is 1.52. The number of rotatable bonds is 5. The van der Waals surface area contributed by atoms with E-state index in [-0.39, 0.29) is 18.2 Å². The molecule has 3 rings (SSSR count). The van der Waals surface area contributed by atoms with Crippen LogP contribution in [0.25, 0.3) is 0 Å². The van der Waals surface area contributed by atoms with Crippen LogP contribution in [0, 0.1) is 0 Å². The number of nitrogens with zero attached hydrogens (tertiary/aromatic N) is 3. The molecule has 0 aliphatic carbocycles. The number of hydrogen-bond acceptors (Lipinski definition) is 4. The molecule has 0 bridgehead atoms. The fraction of sp³-hybridized carbons (Fsp3) is 0.400. The van der Waals surface area contributed by atoms with Crippen molar-refractivity contribution < 1.29 is 22.7 Å². The van der Waals surface area contributed by atoms with Crippen LogP contribution in [0.2, 0.25) is 0 Å². The predicted molar refractivity (Wildman–Crippen MR) is 103 cm³/mol. The Labute approximate surface area is 167 Å². The molecule has 1 atom stereocenters. The standard InChI is InChI=1S/C20H23F3N4O2/c1-13(24-19(28)26(2)3)14-7-9-15(10-8-14)29-16-11-27(12-16)18-6-4-5-17(25-18)20(21,22)23/h4-10,13,16H,11-12H2,1-3H3,(H,24,28). The van der Waals surface area contributed by atoms with E-state index < -0.39 is 11.9 Å². The van der Waals surface area contributed by atoms with Crippen LogP contribution in [0.1, 0.15) is 24.2 Å². The van der Waals surface area contributed by atoms with Gasteiger partial charge >= 0.3 is 12.2 Å². The van der Waals surface area contributed by atoms with E-state index in [0.29, 0.717) is 24.7 Å². The third kappa shape index (κ3) is 5.10. The molecule has 156 valence electrons. The van der Waals surface area contributed by atoms with Crippen molar-refractivity contribution >= 4 is 11.8 Å². The molecule has 1 aromatic carbocycles. The quantitative estimate of drug-likeness (QED) is 0.820. The van der Waals surface area contributed by atoms with Crippen LogP contribution < -0.4 is 15.0 Å². The number of alkyl halides is 3. The van der Waals surface area contributed by atoms with E-state index in [0.717, 1.165) is 11.6 Å². The number of carbonyl (C=O) groups excluding carboxylic acids is 1. The van der Waals surface area contributed by atoms with Gasteiger partial charge in [-0.15, -0.1) is 0 Å². The molecule has 1 saturated heterocycles. The van der Waals surface area contributed by atoms with Crippen molar-refractivity contribution in [2.45, 2.75) is 25.2 Å². The fourth-order valence-electron chi connectivity index (χ4n) is 2.88. The van der Waals surface area contributed by atoms with Crippen LogP contribution in [-0.4, -0.2) is 49.2 Å². The summed E-state index contributed by atoms with van der Waals surface area (Å²) in [5.74, 6) is 0.960. The van der Waals surface area contributed by atoms with Crippen molar-refractivity contribution in [2.75, 3.05) is 32.1 Å². The number of ether oxygens (including phenoxy) is 1. The Morgan fingerprint density at radius 3 is 2.45 bits per heavy atom. The van der Waals surface area contributed by atoms with Gasteiger partial charge in [-0.25, -0.2) is 9.78 Å². The number of anilines is 1. The van der Waals surface area contributed by atoms with Crippen LogP contribution in [0.5, 0.6) is 5.75 Å². The summed E-state index contributed by atoms with van der Waals surface area (Å²) in [7, 11) is 3.35. The minimum Gasteiger partial charge on any atom is -0.487 e. The smallest absolute Gasteiger partial charge is 0.433 e. The number of pyridine rings is 1. The molecule has 2 amide bonds. The molecule has 2 heterocycles. The van der Waals surface area contributed by atoms with Gasteiger partial charge in [0.15, 0.2) is 0 Å². The maximum Gasteiger partial charge on any atom is 0.433 e. The second kappa shape index (κ2) is 8.18. The van der Waals surface area contributed by atoms with Crippen molar-refractivity contribution in [1.29, 1.82) is 0 Å². The highest BCUT2D eigenvalue weighted by Crippen LogP contribution is 2.30. The summed E-state index contributed by atoms with van der Waals surface area (Å²) in [6, 6.07) is 10.9. The number of benzene rings is 1. The number of nitrogens with one attached hydrogen (secondary N) is 1. The molecule has 1 aliphatic rings. The Kier molecular flexibility index (Phi) is 5.86. The van der Waals surface area contributed by atoms with Crippen molar-refractivity contribution in [3.05, 3.63) is 53.7 Å². The lowest BCUT2D eigenvalue weighted by Crippen LogP contribution is -2.54. The molecule has 1 unspecified atom stereocenters. The largest absolute Gasteiger partial charge is 0.487 e. The third-order valence-electron chi connectivity index (χ3n) is 4.63. The number of carbonyl (C=O) groups is 1. The van der Waals surface area contributed by atoms with Gasteiger partial charge in [0.25, 0.3) is 0 Å². The van der Waals surface area contributed by atoms with Gasteiger partial charge in [-0.2, -0.15) is 13.2 Å². The first-order valence-corrected chi connectivity index (χ1v) is 9.17. The van der Waals surface area contributed by atoms with Crippen molar-refractivity contribution in [3.63, 3.8) is 0 Å². The molecule has 29 heavy (non-hydrogen) atoms. The molecule has 6 nitrogen and oxygen atoms in total. The van der Waals surface area contributed by atoms with Crippen LogP contribution >= 0.6 is 0 Å². The monoisotopic (exact) mass is 408 g/mol. The predicted octanol–water partition coefficient (Wildman–Crippen LogP) is 3.70. The molecule has 1 fully saturated rings. The molecule has 0 saturated carbocycles. The van der Waals surface area contributed by atoms with Crippen LogP contribution in [0.15, 0.2) is 42.5 Å². The molecule has 0 spiro atoms. The third-order valence-corrected chi connectivity index (χ3v) is 4.63. The molecule has 9 heteroatoms. The highest BCUT2D eigenvalue weighted by Gasteiger charge is 2.35. The lowest BCUT2D eigenvalue weighted by Gasteiger charge is -2.40. The van der Waals surface area contributed by atoms with E-state index in [1.807, 2.05) is 31.2 Å². The average molecular weight is 408 g/mol. The van der Waals surface area contributed by atoms with E-state index in [1.165, 1.54) is 11.0 Å². The van der Waals surface area contributed by atoms with Crippen molar-refractivity contribution in [2.24, 2.45) is 0 Å².